The lowest BCUT2D eigenvalue weighted by Crippen LogP contribution is -2.36. The van der Waals surface area contributed by atoms with Crippen LogP contribution in [0.4, 0.5) is 17.5 Å². The molecule has 1 amide bonds. The Morgan fingerprint density at radius 3 is 2.56 bits per heavy atom. The van der Waals surface area contributed by atoms with Gasteiger partial charge in [0.1, 0.15) is 6.29 Å². The summed E-state index contributed by atoms with van der Waals surface area (Å²) < 4.78 is 0. The van der Waals surface area contributed by atoms with Gasteiger partial charge < -0.3 is 31.6 Å². The summed E-state index contributed by atoms with van der Waals surface area (Å²) in [6.45, 7) is 0.403. The molecule has 0 aliphatic rings. The second-order valence-corrected chi connectivity index (χ2v) is 7.05. The number of hydrogen-bond acceptors (Lipinski definition) is 10. The number of aldehydes is 1. The molecule has 0 aliphatic carbocycles. The number of anilines is 3. The van der Waals surface area contributed by atoms with Crippen LogP contribution in [0.5, 0.6) is 0 Å². The molecule has 0 radical (unpaired) electrons. The van der Waals surface area contributed by atoms with E-state index in [0.29, 0.717) is 35.3 Å². The number of carbonyl (C=O) groups excluding carboxylic acids is 2. The van der Waals surface area contributed by atoms with Gasteiger partial charge in [0.05, 0.1) is 24.5 Å². The maximum Gasteiger partial charge on any atom is 0.303 e. The van der Waals surface area contributed by atoms with Crippen molar-refractivity contribution < 1.29 is 19.5 Å². The zero-order chi connectivity index (χ0) is 23.3. The molecule has 166 valence electrons. The van der Waals surface area contributed by atoms with Gasteiger partial charge in [0.25, 0.3) is 5.91 Å². The van der Waals surface area contributed by atoms with Crippen LogP contribution in [0.15, 0.2) is 30.5 Å². The van der Waals surface area contributed by atoms with E-state index in [0.717, 1.165) is 5.69 Å². The number of nitrogens with two attached hydrogens (primary N) is 2. The van der Waals surface area contributed by atoms with Crippen molar-refractivity contribution in [3.8, 4) is 0 Å². The van der Waals surface area contributed by atoms with Gasteiger partial charge in [-0.2, -0.15) is 9.97 Å². The van der Waals surface area contributed by atoms with Crippen molar-refractivity contribution in [3.63, 3.8) is 0 Å². The minimum absolute atomic E-state index is 0.0274. The molecular formula is C20H22N8O4. The highest BCUT2D eigenvalue weighted by molar-refractivity contribution is 5.96. The first-order valence-electron chi connectivity index (χ1n) is 9.60. The smallest absolute Gasteiger partial charge is 0.303 e. The van der Waals surface area contributed by atoms with Gasteiger partial charge in [-0.15, -0.1) is 0 Å². The number of hydrogen-bond donors (Lipinski definition) is 4. The van der Waals surface area contributed by atoms with Crippen LogP contribution in [0.25, 0.3) is 11.2 Å². The maximum atomic E-state index is 12.3. The van der Waals surface area contributed by atoms with E-state index in [1.165, 1.54) is 0 Å². The zero-order valence-electron chi connectivity index (χ0n) is 17.2. The predicted molar refractivity (Wildman–Crippen MR) is 117 cm³/mol. The molecule has 0 unspecified atom stereocenters. The van der Waals surface area contributed by atoms with Crippen molar-refractivity contribution in [1.82, 2.24) is 25.3 Å². The van der Waals surface area contributed by atoms with Crippen molar-refractivity contribution in [1.29, 1.82) is 0 Å². The lowest BCUT2D eigenvalue weighted by atomic mass is 10.1. The van der Waals surface area contributed by atoms with Crippen LogP contribution in [-0.2, 0) is 16.1 Å². The molecule has 0 saturated carbocycles. The molecule has 0 bridgehead atoms. The monoisotopic (exact) mass is 438 g/mol. The molecule has 0 saturated heterocycles. The summed E-state index contributed by atoms with van der Waals surface area (Å²) in [6.07, 6.45) is 1.92. The molecule has 0 aliphatic heterocycles. The number of carboxylic acid groups (broad SMARTS) is 1. The lowest BCUT2D eigenvalue weighted by Gasteiger charge is -2.19. The minimum atomic E-state index is -1.03. The second kappa shape index (κ2) is 9.64. The van der Waals surface area contributed by atoms with Crippen molar-refractivity contribution in [2.45, 2.75) is 25.4 Å². The SMILES string of the molecule is CN(Cc1cnc2nc(N)nc(N)c2n1)c1ccc(C(=O)N[C@H](C=O)CCC(=O)O)cc1. The number of benzene rings is 1. The Morgan fingerprint density at radius 2 is 1.91 bits per heavy atom. The molecule has 1 aromatic carbocycles. The van der Waals surface area contributed by atoms with Gasteiger partial charge in [0, 0.05) is 24.7 Å². The average Bonchev–Trinajstić information content (AvgIpc) is 2.76. The summed E-state index contributed by atoms with van der Waals surface area (Å²) in [7, 11) is 1.85. The number of carbonyl (C=O) groups is 3. The Bertz CT molecular complexity index is 1150. The van der Waals surface area contributed by atoms with Crippen LogP contribution in [0.3, 0.4) is 0 Å². The van der Waals surface area contributed by atoms with E-state index < -0.39 is 17.9 Å². The normalized spacial score (nSPS) is 11.7. The Kier molecular flexibility index (Phi) is 6.73. The number of nitrogen functional groups attached to an aromatic ring is 2. The number of nitrogens with one attached hydrogen (secondary N) is 1. The number of aliphatic carboxylic acids is 1. The second-order valence-electron chi connectivity index (χ2n) is 7.05. The van der Waals surface area contributed by atoms with Crippen LogP contribution >= 0.6 is 0 Å². The minimum Gasteiger partial charge on any atom is -0.481 e. The molecule has 12 heteroatoms. The quantitative estimate of drug-likeness (QED) is 0.338. The summed E-state index contributed by atoms with van der Waals surface area (Å²) in [4.78, 5) is 52.5. The fraction of sp³-hybridized carbons (Fsp3) is 0.250. The van der Waals surface area contributed by atoms with Gasteiger partial charge in [-0.05, 0) is 30.7 Å². The van der Waals surface area contributed by atoms with E-state index in [2.05, 4.69) is 25.3 Å². The third-order valence-electron chi connectivity index (χ3n) is 4.62. The number of amides is 1. The topological polar surface area (TPSA) is 190 Å². The summed E-state index contributed by atoms with van der Waals surface area (Å²) in [5.41, 5.74) is 13.9. The zero-order valence-corrected chi connectivity index (χ0v) is 17.2. The average molecular weight is 438 g/mol. The van der Waals surface area contributed by atoms with Crippen LogP contribution in [0, 0.1) is 0 Å². The van der Waals surface area contributed by atoms with Crippen LogP contribution in [0.1, 0.15) is 28.9 Å². The van der Waals surface area contributed by atoms with E-state index in [1.807, 2.05) is 11.9 Å². The number of carboxylic acids is 1. The number of rotatable bonds is 9. The highest BCUT2D eigenvalue weighted by Gasteiger charge is 2.15. The molecule has 32 heavy (non-hydrogen) atoms. The Labute approximate surface area is 182 Å². The van der Waals surface area contributed by atoms with Crippen LogP contribution in [0.2, 0.25) is 0 Å². The van der Waals surface area contributed by atoms with Gasteiger partial charge in [-0.1, -0.05) is 0 Å². The summed E-state index contributed by atoms with van der Waals surface area (Å²) in [6, 6.07) is 5.85. The summed E-state index contributed by atoms with van der Waals surface area (Å²) >= 11 is 0. The first-order valence-corrected chi connectivity index (χ1v) is 9.60. The largest absolute Gasteiger partial charge is 0.481 e. The van der Waals surface area contributed by atoms with Gasteiger partial charge in [0.15, 0.2) is 17.0 Å². The molecule has 2 heterocycles. The fourth-order valence-corrected chi connectivity index (χ4v) is 2.97. The van der Waals surface area contributed by atoms with E-state index in [9.17, 15) is 14.4 Å². The lowest BCUT2D eigenvalue weighted by molar-refractivity contribution is -0.137. The molecule has 6 N–H and O–H groups in total. The molecule has 3 rings (SSSR count). The Hall–Kier alpha value is -4.35. The highest BCUT2D eigenvalue weighted by Crippen LogP contribution is 2.18. The van der Waals surface area contributed by atoms with Gasteiger partial charge in [0.2, 0.25) is 5.95 Å². The van der Waals surface area contributed by atoms with Crippen molar-refractivity contribution in [2.75, 3.05) is 23.4 Å². The van der Waals surface area contributed by atoms with Gasteiger partial charge in [-0.3, -0.25) is 9.59 Å². The van der Waals surface area contributed by atoms with E-state index in [-0.39, 0.29) is 24.6 Å². The first kappa shape index (κ1) is 22.3. The molecule has 3 aromatic rings. The summed E-state index contributed by atoms with van der Waals surface area (Å²) in [5, 5.41) is 11.2. The van der Waals surface area contributed by atoms with E-state index in [4.69, 9.17) is 16.6 Å². The van der Waals surface area contributed by atoms with Crippen molar-refractivity contribution in [2.24, 2.45) is 0 Å². The molecule has 0 fully saturated rings. The Morgan fingerprint density at radius 1 is 1.19 bits per heavy atom. The van der Waals surface area contributed by atoms with E-state index in [1.54, 1.807) is 30.5 Å². The standard InChI is InChI=1S/C20H22N8O4/c1-28(9-13-8-23-18-16(24-13)17(21)26-20(22)27-18)14-5-2-11(3-6-14)19(32)25-12(10-29)4-7-15(30)31/h2-3,5-6,8,10,12H,4,7,9H2,1H3,(H,25,32)(H,30,31)(H4,21,22,23,26,27)/t12-/m0/s1. The van der Waals surface area contributed by atoms with Crippen molar-refractivity contribution >= 4 is 46.8 Å². The third kappa shape index (κ3) is 5.41. The number of fused-ring (bicyclic) bond motifs is 1. The van der Waals surface area contributed by atoms with Crippen LogP contribution in [-0.4, -0.2) is 56.3 Å². The highest BCUT2D eigenvalue weighted by atomic mass is 16.4. The van der Waals surface area contributed by atoms with Crippen molar-refractivity contribution in [3.05, 3.63) is 41.7 Å². The molecule has 2 aromatic heterocycles. The van der Waals surface area contributed by atoms with Gasteiger partial charge in [-0.25, -0.2) is 9.97 Å². The molecule has 0 spiro atoms. The van der Waals surface area contributed by atoms with Crippen LogP contribution < -0.4 is 21.7 Å². The fourth-order valence-electron chi connectivity index (χ4n) is 2.97. The van der Waals surface area contributed by atoms with Gasteiger partial charge >= 0.3 is 5.97 Å². The molecule has 1 atom stereocenters. The molecule has 12 nitrogen and oxygen atoms in total. The first-order chi connectivity index (χ1) is 15.3. The predicted octanol–water partition coefficient (Wildman–Crippen LogP) is 0.383. The number of aromatic nitrogens is 4. The summed E-state index contributed by atoms with van der Waals surface area (Å²) in [5.74, 6) is -1.32. The Balaban J connectivity index is 1.66. The maximum absolute atomic E-state index is 12.3. The third-order valence-corrected chi connectivity index (χ3v) is 4.62. The molecular weight excluding hydrogens is 416 g/mol. The van der Waals surface area contributed by atoms with E-state index >= 15 is 0 Å². The number of nitrogens with zero attached hydrogens (tertiary/aromatic N) is 5.